The molecule has 0 radical (unpaired) electrons. The lowest BCUT2D eigenvalue weighted by Gasteiger charge is -2.08. The second-order valence-corrected chi connectivity index (χ2v) is 4.22. The summed E-state index contributed by atoms with van der Waals surface area (Å²) in [6.07, 6.45) is 0. The van der Waals surface area contributed by atoms with Gasteiger partial charge in [-0.15, -0.1) is 0 Å². The lowest BCUT2D eigenvalue weighted by atomic mass is 10.2. The zero-order valence-electron chi connectivity index (χ0n) is 9.83. The Hall–Kier alpha value is -1.67. The van der Waals surface area contributed by atoms with E-state index in [2.05, 4.69) is 5.32 Å². The standard InChI is InChI=1S/C14H14ClNO/c1-10-3-4-12(9-14(10)15)16-11-5-7-13(17-2)8-6-11/h3-9,16H,1-2H3. The zero-order valence-corrected chi connectivity index (χ0v) is 10.6. The number of rotatable bonds is 3. The third kappa shape index (κ3) is 2.92. The van der Waals surface area contributed by atoms with Gasteiger partial charge in [0.2, 0.25) is 0 Å². The first-order valence-corrected chi connectivity index (χ1v) is 5.74. The largest absolute Gasteiger partial charge is 0.497 e. The molecule has 0 fully saturated rings. The molecule has 0 heterocycles. The first kappa shape index (κ1) is 11.8. The summed E-state index contributed by atoms with van der Waals surface area (Å²) in [7, 11) is 1.65. The third-order valence-corrected chi connectivity index (χ3v) is 2.96. The van der Waals surface area contributed by atoms with Gasteiger partial charge in [-0.2, -0.15) is 0 Å². The number of hydrogen-bond donors (Lipinski definition) is 1. The van der Waals surface area contributed by atoms with Crippen LogP contribution in [0, 0.1) is 6.92 Å². The number of methoxy groups -OCH3 is 1. The molecule has 0 bridgehead atoms. The van der Waals surface area contributed by atoms with E-state index < -0.39 is 0 Å². The van der Waals surface area contributed by atoms with Crippen molar-refractivity contribution in [1.29, 1.82) is 0 Å². The molecule has 2 nitrogen and oxygen atoms in total. The lowest BCUT2D eigenvalue weighted by molar-refractivity contribution is 0.415. The summed E-state index contributed by atoms with van der Waals surface area (Å²) in [4.78, 5) is 0. The first-order chi connectivity index (χ1) is 8.19. The molecule has 0 aliphatic heterocycles. The summed E-state index contributed by atoms with van der Waals surface area (Å²) in [5, 5.41) is 4.05. The Morgan fingerprint density at radius 1 is 1.00 bits per heavy atom. The predicted molar refractivity (Wildman–Crippen MR) is 72.5 cm³/mol. The molecular formula is C14H14ClNO. The van der Waals surface area contributed by atoms with Crippen LogP contribution >= 0.6 is 11.6 Å². The molecule has 17 heavy (non-hydrogen) atoms. The van der Waals surface area contributed by atoms with Crippen molar-refractivity contribution in [3.63, 3.8) is 0 Å². The number of hydrogen-bond acceptors (Lipinski definition) is 2. The van der Waals surface area contributed by atoms with Gasteiger partial charge in [0.1, 0.15) is 5.75 Å². The quantitative estimate of drug-likeness (QED) is 0.868. The summed E-state index contributed by atoms with van der Waals surface area (Å²) in [5.74, 6) is 0.845. The Bertz CT molecular complexity index is 508. The second kappa shape index (κ2) is 5.11. The van der Waals surface area contributed by atoms with Gasteiger partial charge in [0.15, 0.2) is 0 Å². The molecule has 2 aromatic carbocycles. The van der Waals surface area contributed by atoms with Crippen LogP contribution in [0.25, 0.3) is 0 Å². The van der Waals surface area contributed by atoms with Gasteiger partial charge in [0.25, 0.3) is 0 Å². The maximum atomic E-state index is 6.07. The SMILES string of the molecule is COc1ccc(Nc2ccc(C)c(Cl)c2)cc1. The van der Waals surface area contributed by atoms with Crippen molar-refractivity contribution in [2.45, 2.75) is 6.92 Å². The molecule has 0 spiro atoms. The fraction of sp³-hybridized carbons (Fsp3) is 0.143. The number of nitrogens with one attached hydrogen (secondary N) is 1. The number of halogens is 1. The maximum absolute atomic E-state index is 6.07. The van der Waals surface area contributed by atoms with Crippen LogP contribution in [0.15, 0.2) is 42.5 Å². The molecule has 0 unspecified atom stereocenters. The lowest BCUT2D eigenvalue weighted by Crippen LogP contribution is -1.91. The highest BCUT2D eigenvalue weighted by molar-refractivity contribution is 6.31. The summed E-state index contributed by atoms with van der Waals surface area (Å²) in [5.41, 5.74) is 3.06. The molecule has 3 heteroatoms. The molecule has 2 rings (SSSR count). The first-order valence-electron chi connectivity index (χ1n) is 5.36. The molecular weight excluding hydrogens is 234 g/mol. The van der Waals surface area contributed by atoms with Gasteiger partial charge < -0.3 is 10.1 Å². The molecule has 0 saturated carbocycles. The third-order valence-electron chi connectivity index (χ3n) is 2.55. The highest BCUT2D eigenvalue weighted by Crippen LogP contribution is 2.24. The van der Waals surface area contributed by atoms with Gasteiger partial charge in [-0.3, -0.25) is 0 Å². The van der Waals surface area contributed by atoms with Crippen LogP contribution < -0.4 is 10.1 Å². The van der Waals surface area contributed by atoms with Crippen LogP contribution in [0.1, 0.15) is 5.56 Å². The van der Waals surface area contributed by atoms with Crippen molar-refractivity contribution in [2.75, 3.05) is 12.4 Å². The molecule has 0 aliphatic rings. The Morgan fingerprint density at radius 2 is 1.65 bits per heavy atom. The topological polar surface area (TPSA) is 21.3 Å². The van der Waals surface area contributed by atoms with E-state index in [0.717, 1.165) is 27.7 Å². The molecule has 88 valence electrons. The van der Waals surface area contributed by atoms with Crippen molar-refractivity contribution in [2.24, 2.45) is 0 Å². The van der Waals surface area contributed by atoms with Gasteiger partial charge in [-0.05, 0) is 48.9 Å². The zero-order chi connectivity index (χ0) is 12.3. The van der Waals surface area contributed by atoms with Gasteiger partial charge in [-0.1, -0.05) is 17.7 Å². The minimum Gasteiger partial charge on any atom is -0.497 e. The summed E-state index contributed by atoms with van der Waals surface area (Å²) in [6.45, 7) is 1.99. The summed E-state index contributed by atoms with van der Waals surface area (Å²) in [6, 6.07) is 13.7. The summed E-state index contributed by atoms with van der Waals surface area (Å²) < 4.78 is 5.11. The van der Waals surface area contributed by atoms with Crippen molar-refractivity contribution in [1.82, 2.24) is 0 Å². The monoisotopic (exact) mass is 247 g/mol. The van der Waals surface area contributed by atoms with E-state index >= 15 is 0 Å². The second-order valence-electron chi connectivity index (χ2n) is 3.82. The van der Waals surface area contributed by atoms with Crippen LogP contribution in [-0.2, 0) is 0 Å². The van der Waals surface area contributed by atoms with E-state index in [4.69, 9.17) is 16.3 Å². The van der Waals surface area contributed by atoms with Gasteiger partial charge in [0, 0.05) is 16.4 Å². The highest BCUT2D eigenvalue weighted by atomic mass is 35.5. The molecule has 0 amide bonds. The summed E-state index contributed by atoms with van der Waals surface area (Å²) >= 11 is 6.07. The number of benzene rings is 2. The molecule has 0 aromatic heterocycles. The van der Waals surface area contributed by atoms with Crippen LogP contribution in [0.3, 0.4) is 0 Å². The normalized spacial score (nSPS) is 10.1. The molecule has 1 N–H and O–H groups in total. The van der Waals surface area contributed by atoms with Crippen molar-refractivity contribution >= 4 is 23.0 Å². The van der Waals surface area contributed by atoms with E-state index in [1.165, 1.54) is 0 Å². The average molecular weight is 248 g/mol. The molecule has 2 aromatic rings. The number of anilines is 2. The fourth-order valence-electron chi connectivity index (χ4n) is 1.51. The number of ether oxygens (including phenoxy) is 1. The highest BCUT2D eigenvalue weighted by Gasteiger charge is 1.99. The van der Waals surface area contributed by atoms with E-state index in [1.807, 2.05) is 49.4 Å². The Kier molecular flexibility index (Phi) is 3.55. The van der Waals surface area contributed by atoms with Crippen molar-refractivity contribution < 1.29 is 4.74 Å². The minimum absolute atomic E-state index is 0.767. The Balaban J connectivity index is 2.16. The van der Waals surface area contributed by atoms with Crippen molar-refractivity contribution in [3.05, 3.63) is 53.1 Å². The van der Waals surface area contributed by atoms with Crippen LogP contribution in [0.4, 0.5) is 11.4 Å². The van der Waals surface area contributed by atoms with Crippen LogP contribution in [0.2, 0.25) is 5.02 Å². The Labute approximate surface area is 106 Å². The Morgan fingerprint density at radius 3 is 2.24 bits per heavy atom. The van der Waals surface area contributed by atoms with Crippen molar-refractivity contribution in [3.8, 4) is 5.75 Å². The van der Waals surface area contributed by atoms with E-state index in [-0.39, 0.29) is 0 Å². The van der Waals surface area contributed by atoms with E-state index in [1.54, 1.807) is 7.11 Å². The van der Waals surface area contributed by atoms with Gasteiger partial charge >= 0.3 is 0 Å². The molecule has 0 saturated heterocycles. The molecule has 0 atom stereocenters. The van der Waals surface area contributed by atoms with E-state index in [9.17, 15) is 0 Å². The fourth-order valence-corrected chi connectivity index (χ4v) is 1.69. The maximum Gasteiger partial charge on any atom is 0.119 e. The molecule has 0 aliphatic carbocycles. The van der Waals surface area contributed by atoms with Crippen LogP contribution in [0.5, 0.6) is 5.75 Å². The van der Waals surface area contributed by atoms with Gasteiger partial charge in [0.05, 0.1) is 7.11 Å². The smallest absolute Gasteiger partial charge is 0.119 e. The average Bonchev–Trinajstić information content (AvgIpc) is 2.35. The van der Waals surface area contributed by atoms with E-state index in [0.29, 0.717) is 0 Å². The number of aryl methyl sites for hydroxylation is 1. The van der Waals surface area contributed by atoms with Gasteiger partial charge in [-0.25, -0.2) is 0 Å². The predicted octanol–water partition coefficient (Wildman–Crippen LogP) is 4.40. The minimum atomic E-state index is 0.767. The van der Waals surface area contributed by atoms with Crippen LogP contribution in [-0.4, -0.2) is 7.11 Å².